The van der Waals surface area contributed by atoms with Crippen LogP contribution in [0, 0.1) is 11.5 Å². The molecule has 5 nitrogen and oxygen atoms in total. The summed E-state index contributed by atoms with van der Waals surface area (Å²) in [5, 5.41) is 11.4. The van der Waals surface area contributed by atoms with E-state index >= 15 is 0 Å². The SMILES string of the molecule is N#CN=C(S)Nc1ccc2c(c1)OCO2.[NaH]. The van der Waals surface area contributed by atoms with Crippen LogP contribution in [-0.4, -0.2) is 41.5 Å². The minimum absolute atomic E-state index is 0. The molecule has 1 aromatic carbocycles. The molecule has 1 aliphatic rings. The Hall–Kier alpha value is -0.870. The van der Waals surface area contributed by atoms with E-state index in [1.54, 1.807) is 24.4 Å². The summed E-state index contributed by atoms with van der Waals surface area (Å²) >= 11 is 3.97. The predicted octanol–water partition coefficient (Wildman–Crippen LogP) is 0.946. The molecular formula is C9H8N3NaO2S. The number of hydrogen-bond acceptors (Lipinski definition) is 4. The maximum atomic E-state index is 8.30. The number of anilines is 1. The van der Waals surface area contributed by atoms with Gasteiger partial charge in [0.05, 0.1) is 0 Å². The Labute approximate surface area is 120 Å². The average molecular weight is 245 g/mol. The van der Waals surface area contributed by atoms with Gasteiger partial charge in [0.15, 0.2) is 16.7 Å². The summed E-state index contributed by atoms with van der Waals surface area (Å²) < 4.78 is 10.3. The molecule has 0 amide bonds. The Morgan fingerprint density at radius 1 is 1.44 bits per heavy atom. The van der Waals surface area contributed by atoms with Gasteiger partial charge in [-0.25, -0.2) is 0 Å². The zero-order valence-corrected chi connectivity index (χ0v) is 8.49. The fourth-order valence-corrected chi connectivity index (χ4v) is 1.35. The van der Waals surface area contributed by atoms with Gasteiger partial charge in [-0.3, -0.25) is 0 Å². The molecule has 78 valence electrons. The molecule has 1 aliphatic heterocycles. The van der Waals surface area contributed by atoms with Crippen molar-refractivity contribution in [2.45, 2.75) is 0 Å². The first-order valence-electron chi connectivity index (χ1n) is 4.12. The van der Waals surface area contributed by atoms with Crippen molar-refractivity contribution in [3.8, 4) is 17.7 Å². The molecule has 0 saturated carbocycles. The summed E-state index contributed by atoms with van der Waals surface area (Å²) in [5.41, 5.74) is 0.739. The summed E-state index contributed by atoms with van der Waals surface area (Å²) in [4.78, 5) is 3.42. The molecule has 0 aromatic heterocycles. The number of aliphatic imine (C=N–C) groups is 1. The van der Waals surface area contributed by atoms with Crippen LogP contribution in [0.3, 0.4) is 0 Å². The zero-order chi connectivity index (χ0) is 10.7. The molecule has 0 fully saturated rings. The molecule has 0 saturated heterocycles. The van der Waals surface area contributed by atoms with Gasteiger partial charge < -0.3 is 14.8 Å². The Morgan fingerprint density at radius 3 is 2.94 bits per heavy atom. The summed E-state index contributed by atoms with van der Waals surface area (Å²) in [5.74, 6) is 1.37. The molecule has 0 radical (unpaired) electrons. The Morgan fingerprint density at radius 2 is 2.19 bits per heavy atom. The zero-order valence-electron chi connectivity index (χ0n) is 7.60. The molecule has 2 rings (SSSR count). The van der Waals surface area contributed by atoms with Crippen LogP contribution in [-0.2, 0) is 0 Å². The summed E-state index contributed by atoms with van der Waals surface area (Å²) in [7, 11) is 0. The van der Waals surface area contributed by atoms with Crippen molar-refractivity contribution in [3.05, 3.63) is 18.2 Å². The number of rotatable bonds is 1. The van der Waals surface area contributed by atoms with E-state index in [4.69, 9.17) is 14.7 Å². The van der Waals surface area contributed by atoms with E-state index in [9.17, 15) is 0 Å². The number of ether oxygens (including phenoxy) is 2. The number of benzene rings is 1. The van der Waals surface area contributed by atoms with Crippen LogP contribution < -0.4 is 14.8 Å². The Balaban J connectivity index is 0.00000128. The average Bonchev–Trinajstić information content (AvgIpc) is 2.65. The van der Waals surface area contributed by atoms with Crippen LogP contribution >= 0.6 is 12.6 Å². The van der Waals surface area contributed by atoms with Crippen LogP contribution in [0.25, 0.3) is 0 Å². The third-order valence-corrected chi connectivity index (χ3v) is 2.00. The van der Waals surface area contributed by atoms with E-state index in [0.29, 0.717) is 11.5 Å². The molecule has 0 aliphatic carbocycles. The molecule has 1 heterocycles. The molecule has 7 heteroatoms. The number of fused-ring (bicyclic) bond motifs is 1. The van der Waals surface area contributed by atoms with Crippen LogP contribution in [0.15, 0.2) is 23.2 Å². The van der Waals surface area contributed by atoms with Gasteiger partial charge in [-0.15, -0.1) is 17.6 Å². The Bertz CT molecular complexity index is 459. The number of hydrogen-bond donors (Lipinski definition) is 2. The number of nitrogens with one attached hydrogen (secondary N) is 1. The van der Waals surface area contributed by atoms with Crippen LogP contribution in [0.5, 0.6) is 11.5 Å². The van der Waals surface area contributed by atoms with Gasteiger partial charge in [0.25, 0.3) is 0 Å². The van der Waals surface area contributed by atoms with E-state index in [-0.39, 0.29) is 41.5 Å². The van der Waals surface area contributed by atoms with E-state index < -0.39 is 0 Å². The second-order valence-corrected chi connectivity index (χ2v) is 3.15. The number of thiol groups is 1. The fraction of sp³-hybridized carbons (Fsp3) is 0.111. The first kappa shape index (κ1) is 13.2. The molecule has 1 aromatic rings. The van der Waals surface area contributed by atoms with E-state index in [1.165, 1.54) is 0 Å². The fourth-order valence-electron chi connectivity index (χ4n) is 1.18. The second kappa shape index (κ2) is 6.01. The van der Waals surface area contributed by atoms with Crippen molar-refractivity contribution in [1.29, 1.82) is 5.26 Å². The topological polar surface area (TPSA) is 66.6 Å². The van der Waals surface area contributed by atoms with Crippen molar-refractivity contribution < 1.29 is 9.47 Å². The van der Waals surface area contributed by atoms with Gasteiger partial charge in [-0.05, 0) is 12.1 Å². The first-order chi connectivity index (χ1) is 7.29. The minimum atomic E-state index is 0. The van der Waals surface area contributed by atoms with Crippen LogP contribution in [0.1, 0.15) is 0 Å². The van der Waals surface area contributed by atoms with Crippen molar-refractivity contribution in [2.24, 2.45) is 4.99 Å². The van der Waals surface area contributed by atoms with Crippen molar-refractivity contribution >= 4 is 53.0 Å². The van der Waals surface area contributed by atoms with Crippen molar-refractivity contribution in [3.63, 3.8) is 0 Å². The van der Waals surface area contributed by atoms with Crippen molar-refractivity contribution in [2.75, 3.05) is 12.1 Å². The third-order valence-electron chi connectivity index (χ3n) is 1.78. The Kier molecular flexibility index (Phi) is 4.96. The second-order valence-electron chi connectivity index (χ2n) is 2.73. The number of nitriles is 1. The van der Waals surface area contributed by atoms with Gasteiger partial charge in [0, 0.05) is 11.8 Å². The van der Waals surface area contributed by atoms with Gasteiger partial charge in [-0.2, -0.15) is 5.26 Å². The molecule has 0 unspecified atom stereocenters. The van der Waals surface area contributed by atoms with Gasteiger partial charge in [0.1, 0.15) is 0 Å². The van der Waals surface area contributed by atoms with Gasteiger partial charge >= 0.3 is 29.6 Å². The summed E-state index contributed by atoms with van der Waals surface area (Å²) in [6, 6.07) is 5.32. The van der Waals surface area contributed by atoms with Gasteiger partial charge in [-0.1, -0.05) is 0 Å². The molecule has 16 heavy (non-hydrogen) atoms. The van der Waals surface area contributed by atoms with E-state index in [1.807, 2.05) is 0 Å². The van der Waals surface area contributed by atoms with Crippen LogP contribution in [0.4, 0.5) is 5.69 Å². The molecule has 0 atom stereocenters. The van der Waals surface area contributed by atoms with Crippen LogP contribution in [0.2, 0.25) is 0 Å². The van der Waals surface area contributed by atoms with E-state index in [0.717, 1.165) is 5.69 Å². The molecule has 1 N–H and O–H groups in total. The molecule has 0 bridgehead atoms. The number of amidine groups is 1. The predicted molar refractivity (Wildman–Crippen MR) is 65.4 cm³/mol. The monoisotopic (exact) mass is 245 g/mol. The summed E-state index contributed by atoms with van der Waals surface area (Å²) in [6.45, 7) is 0.235. The number of nitrogens with zero attached hydrogens (tertiary/aromatic N) is 2. The van der Waals surface area contributed by atoms with E-state index in [2.05, 4.69) is 22.9 Å². The van der Waals surface area contributed by atoms with Gasteiger partial charge in [0.2, 0.25) is 13.0 Å². The summed E-state index contributed by atoms with van der Waals surface area (Å²) in [6.07, 6.45) is 1.63. The first-order valence-corrected chi connectivity index (χ1v) is 4.57. The quantitative estimate of drug-likeness (QED) is 0.254. The maximum absolute atomic E-state index is 8.30. The third kappa shape index (κ3) is 3.06. The van der Waals surface area contributed by atoms with Crippen molar-refractivity contribution in [1.82, 2.24) is 0 Å². The molecule has 0 spiro atoms. The normalized spacial score (nSPS) is 12.6. The molecular weight excluding hydrogens is 237 g/mol. The standard InChI is InChI=1S/C9H7N3O2S.Na.H/c10-4-11-9(15)12-6-1-2-7-8(3-6)14-5-13-7;;/h1-3H,5H2,(H2,11,12,15);;.